The molecule has 0 saturated carbocycles. The van der Waals surface area contributed by atoms with Crippen LogP contribution in [-0.2, 0) is 14.3 Å². The van der Waals surface area contributed by atoms with Crippen molar-refractivity contribution >= 4 is 33.5 Å². The molecule has 0 saturated heterocycles. The molecule has 1 aliphatic heterocycles. The van der Waals surface area contributed by atoms with Crippen molar-refractivity contribution in [2.75, 3.05) is 32.1 Å². The highest BCUT2D eigenvalue weighted by atomic mass is 79.9. The van der Waals surface area contributed by atoms with E-state index in [2.05, 4.69) is 30.7 Å². The molecule has 11 heteroatoms. The number of methoxy groups -OCH3 is 1. The van der Waals surface area contributed by atoms with Gasteiger partial charge in [-0.3, -0.25) is 4.79 Å². The quantitative estimate of drug-likeness (QED) is 0.660. The van der Waals surface area contributed by atoms with Gasteiger partial charge in [0.1, 0.15) is 11.4 Å². The number of halogens is 4. The number of benzene rings is 1. The number of rotatable bonds is 6. The van der Waals surface area contributed by atoms with Crippen LogP contribution in [0.2, 0.25) is 0 Å². The Kier molecular flexibility index (Phi) is 6.13. The van der Waals surface area contributed by atoms with Gasteiger partial charge >= 0.3 is 12.3 Å². The van der Waals surface area contributed by atoms with Crippen LogP contribution in [0.15, 0.2) is 33.9 Å². The van der Waals surface area contributed by atoms with Crippen molar-refractivity contribution in [3.63, 3.8) is 0 Å². The lowest BCUT2D eigenvalue weighted by Crippen LogP contribution is -2.31. The molecule has 1 heterocycles. The van der Waals surface area contributed by atoms with Gasteiger partial charge in [0.2, 0.25) is 0 Å². The summed E-state index contributed by atoms with van der Waals surface area (Å²) in [6.07, 6.45) is -4.83. The van der Waals surface area contributed by atoms with Crippen LogP contribution in [0.25, 0.3) is 0 Å². The molecule has 0 radical (unpaired) electrons. The molecule has 0 atom stereocenters. The van der Waals surface area contributed by atoms with Crippen molar-refractivity contribution in [1.29, 1.82) is 0 Å². The van der Waals surface area contributed by atoms with E-state index in [0.29, 0.717) is 0 Å². The molecule has 0 spiro atoms. The number of hydrogen-bond donors (Lipinski definition) is 2. The van der Waals surface area contributed by atoms with Gasteiger partial charge < -0.3 is 24.8 Å². The van der Waals surface area contributed by atoms with Crippen LogP contribution in [0.1, 0.15) is 0 Å². The Balaban J connectivity index is 2.29. The molecule has 0 bridgehead atoms. The summed E-state index contributed by atoms with van der Waals surface area (Å²) in [7, 11) is 1.16. The molecule has 0 aliphatic carbocycles. The number of anilines is 1. The third-order valence-electron chi connectivity index (χ3n) is 3.39. The molecule has 2 N–H and O–H groups in total. The number of β-amino-alcohol motifs (C(OH)–C–C–N with tert-alkyl or cyclic N) is 1. The van der Waals surface area contributed by atoms with Crippen molar-refractivity contribution in [1.82, 2.24) is 4.90 Å². The van der Waals surface area contributed by atoms with Gasteiger partial charge in [-0.2, -0.15) is 0 Å². The molecule has 7 nitrogen and oxygen atoms in total. The maximum atomic E-state index is 12.4. The number of nitrogens with zero attached hydrogens (tertiary/aromatic N) is 1. The molecule has 0 fully saturated rings. The van der Waals surface area contributed by atoms with Crippen LogP contribution < -0.4 is 10.1 Å². The standard InChI is InChI=1S/C15H14BrF3N2O5/c1-25-14(24)9-7-21(4-5-22)13(23)12(9)20-11-3-2-8(6-10(11)16)26-15(17,18)19/h2-3,6,20,22H,4-5,7H2,1H3. The monoisotopic (exact) mass is 438 g/mol. The van der Waals surface area contributed by atoms with Crippen LogP contribution in [0.3, 0.4) is 0 Å². The van der Waals surface area contributed by atoms with E-state index < -0.39 is 24.0 Å². The van der Waals surface area contributed by atoms with Crippen LogP contribution in [0.4, 0.5) is 18.9 Å². The lowest BCUT2D eigenvalue weighted by Gasteiger charge is -2.16. The fraction of sp³-hybridized carbons (Fsp3) is 0.333. The smallest absolute Gasteiger partial charge is 0.466 e. The summed E-state index contributed by atoms with van der Waals surface area (Å²) in [6.45, 7) is -0.327. The summed E-state index contributed by atoms with van der Waals surface area (Å²) in [5.41, 5.74) is 0.221. The van der Waals surface area contributed by atoms with Gasteiger partial charge in [-0.05, 0) is 34.1 Å². The second kappa shape index (κ2) is 7.96. The summed E-state index contributed by atoms with van der Waals surface area (Å²) in [4.78, 5) is 25.5. The first kappa shape index (κ1) is 20.0. The largest absolute Gasteiger partial charge is 0.573 e. The average molecular weight is 439 g/mol. The van der Waals surface area contributed by atoms with Gasteiger partial charge in [0.25, 0.3) is 5.91 Å². The van der Waals surface area contributed by atoms with Crippen molar-refractivity contribution in [3.8, 4) is 5.75 Å². The van der Waals surface area contributed by atoms with E-state index in [4.69, 9.17) is 5.11 Å². The van der Waals surface area contributed by atoms with E-state index in [1.54, 1.807) is 0 Å². The summed E-state index contributed by atoms with van der Waals surface area (Å²) in [5, 5.41) is 11.7. The Morgan fingerprint density at radius 2 is 2.12 bits per heavy atom. The Morgan fingerprint density at radius 3 is 2.65 bits per heavy atom. The first-order valence-electron chi connectivity index (χ1n) is 7.20. The Hall–Kier alpha value is -2.27. The summed E-state index contributed by atoms with van der Waals surface area (Å²) >= 11 is 3.09. The minimum atomic E-state index is -4.83. The lowest BCUT2D eigenvalue weighted by atomic mass is 10.2. The summed E-state index contributed by atoms with van der Waals surface area (Å²) in [6, 6.07) is 3.39. The summed E-state index contributed by atoms with van der Waals surface area (Å²) < 4.78 is 45.4. The SMILES string of the molecule is COC(=O)C1=C(Nc2ccc(OC(F)(F)F)cc2Br)C(=O)N(CCO)C1. The highest BCUT2D eigenvalue weighted by Crippen LogP contribution is 2.32. The maximum Gasteiger partial charge on any atom is 0.573 e. The first-order chi connectivity index (χ1) is 12.2. The first-order valence-corrected chi connectivity index (χ1v) is 7.99. The number of ether oxygens (including phenoxy) is 2. The number of aliphatic hydroxyl groups excluding tert-OH is 1. The molecule has 0 unspecified atom stereocenters. The van der Waals surface area contributed by atoms with Crippen molar-refractivity contribution < 1.29 is 37.3 Å². The zero-order chi connectivity index (χ0) is 19.5. The Labute approximate surface area is 154 Å². The van der Waals surface area contributed by atoms with Crippen molar-refractivity contribution in [2.24, 2.45) is 0 Å². The van der Waals surface area contributed by atoms with Crippen molar-refractivity contribution in [2.45, 2.75) is 6.36 Å². The van der Waals surface area contributed by atoms with E-state index in [-0.39, 0.29) is 41.1 Å². The second-order valence-corrected chi connectivity index (χ2v) is 5.96. The number of alkyl halides is 3. The molecule has 1 amide bonds. The van der Waals surface area contributed by atoms with Gasteiger partial charge in [-0.25, -0.2) is 4.79 Å². The normalized spacial score (nSPS) is 14.7. The van der Waals surface area contributed by atoms with Gasteiger partial charge in [0.15, 0.2) is 0 Å². The second-order valence-electron chi connectivity index (χ2n) is 5.11. The lowest BCUT2D eigenvalue weighted by molar-refractivity contribution is -0.274. The number of carbonyl (C=O) groups excluding carboxylic acids is 2. The molecule has 2 rings (SSSR count). The number of carbonyl (C=O) groups is 2. The number of aliphatic hydroxyl groups is 1. The van der Waals surface area contributed by atoms with Crippen LogP contribution in [0, 0.1) is 0 Å². The van der Waals surface area contributed by atoms with E-state index in [9.17, 15) is 22.8 Å². The molecule has 1 aliphatic rings. The predicted octanol–water partition coefficient (Wildman–Crippen LogP) is 2.02. The number of nitrogens with one attached hydrogen (secondary N) is 1. The fourth-order valence-corrected chi connectivity index (χ4v) is 2.73. The third-order valence-corrected chi connectivity index (χ3v) is 4.04. The minimum Gasteiger partial charge on any atom is -0.466 e. The van der Waals surface area contributed by atoms with Gasteiger partial charge in [0.05, 0.1) is 31.5 Å². The summed E-state index contributed by atoms with van der Waals surface area (Å²) in [5.74, 6) is -1.71. The average Bonchev–Trinajstić information content (AvgIpc) is 2.85. The Morgan fingerprint density at radius 1 is 1.42 bits per heavy atom. The zero-order valence-electron chi connectivity index (χ0n) is 13.4. The third kappa shape index (κ3) is 4.67. The Bertz CT molecular complexity index is 751. The van der Waals surface area contributed by atoms with Gasteiger partial charge in [-0.15, -0.1) is 13.2 Å². The fourth-order valence-electron chi connectivity index (χ4n) is 2.28. The maximum absolute atomic E-state index is 12.4. The van der Waals surface area contributed by atoms with E-state index in [0.717, 1.165) is 19.2 Å². The predicted molar refractivity (Wildman–Crippen MR) is 87.2 cm³/mol. The van der Waals surface area contributed by atoms with Crippen LogP contribution >= 0.6 is 15.9 Å². The minimum absolute atomic E-state index is 0.0179. The number of amides is 1. The molecular formula is C15H14BrF3N2O5. The number of esters is 1. The van der Waals surface area contributed by atoms with Crippen LogP contribution in [-0.4, -0.2) is 55.1 Å². The van der Waals surface area contributed by atoms with E-state index >= 15 is 0 Å². The molecule has 0 aromatic heterocycles. The highest BCUT2D eigenvalue weighted by molar-refractivity contribution is 9.10. The number of hydrogen-bond acceptors (Lipinski definition) is 6. The zero-order valence-corrected chi connectivity index (χ0v) is 15.0. The van der Waals surface area contributed by atoms with E-state index in [1.165, 1.54) is 11.0 Å². The molecule has 1 aromatic rings. The highest BCUT2D eigenvalue weighted by Gasteiger charge is 2.35. The van der Waals surface area contributed by atoms with Gasteiger partial charge in [-0.1, -0.05) is 0 Å². The van der Waals surface area contributed by atoms with Gasteiger partial charge in [0, 0.05) is 11.0 Å². The molecular weight excluding hydrogens is 425 g/mol. The molecule has 142 valence electrons. The van der Waals surface area contributed by atoms with Crippen LogP contribution in [0.5, 0.6) is 5.75 Å². The van der Waals surface area contributed by atoms with Crippen molar-refractivity contribution in [3.05, 3.63) is 33.9 Å². The topological polar surface area (TPSA) is 88.1 Å². The van der Waals surface area contributed by atoms with E-state index in [1.807, 2.05) is 0 Å². The molecule has 26 heavy (non-hydrogen) atoms. The molecule has 1 aromatic carbocycles.